The molecule has 0 amide bonds. The Morgan fingerprint density at radius 2 is 1.67 bits per heavy atom. The molecule has 0 aromatic carbocycles. The van der Waals surface area contributed by atoms with E-state index in [1.165, 1.54) is 25.7 Å². The smallest absolute Gasteiger partial charge is 0.0884 e. The van der Waals surface area contributed by atoms with Crippen LogP contribution in [-0.4, -0.2) is 23.4 Å². The Kier molecular flexibility index (Phi) is 8.07. The molecule has 0 aliphatic heterocycles. The van der Waals surface area contributed by atoms with E-state index in [0.717, 1.165) is 12.8 Å². The standard InChI is InChI=1S/C13H28O2/c1-5-7-8-9-10-11-12(14)13(3,4)15-6-2/h12,14H,5-11H2,1-4H3. The molecule has 0 fully saturated rings. The van der Waals surface area contributed by atoms with Crippen molar-refractivity contribution in [2.45, 2.75) is 77.9 Å². The maximum Gasteiger partial charge on any atom is 0.0884 e. The molecule has 0 bridgehead atoms. The molecular weight excluding hydrogens is 188 g/mol. The first kappa shape index (κ1) is 14.9. The number of hydrogen-bond donors (Lipinski definition) is 1. The second-order valence-electron chi connectivity index (χ2n) is 4.76. The van der Waals surface area contributed by atoms with Gasteiger partial charge >= 0.3 is 0 Å². The minimum atomic E-state index is -0.389. The van der Waals surface area contributed by atoms with Gasteiger partial charge < -0.3 is 9.84 Å². The molecule has 2 heteroatoms. The van der Waals surface area contributed by atoms with Gasteiger partial charge in [0.2, 0.25) is 0 Å². The Bertz CT molecular complexity index is 143. The lowest BCUT2D eigenvalue weighted by molar-refractivity contribution is -0.0992. The number of hydrogen-bond acceptors (Lipinski definition) is 2. The van der Waals surface area contributed by atoms with E-state index < -0.39 is 0 Å². The van der Waals surface area contributed by atoms with Crippen molar-refractivity contribution in [1.82, 2.24) is 0 Å². The van der Waals surface area contributed by atoms with Gasteiger partial charge in [-0.15, -0.1) is 0 Å². The van der Waals surface area contributed by atoms with Gasteiger partial charge in [0.1, 0.15) is 0 Å². The summed E-state index contributed by atoms with van der Waals surface area (Å²) < 4.78 is 5.52. The van der Waals surface area contributed by atoms with Crippen LogP contribution in [0.25, 0.3) is 0 Å². The highest BCUT2D eigenvalue weighted by Crippen LogP contribution is 2.20. The summed E-state index contributed by atoms with van der Waals surface area (Å²) in [5.74, 6) is 0. The van der Waals surface area contributed by atoms with Gasteiger partial charge in [0, 0.05) is 6.61 Å². The molecule has 0 radical (unpaired) electrons. The SMILES string of the molecule is CCCCCCCC(O)C(C)(C)OCC. The zero-order chi connectivity index (χ0) is 11.7. The minimum absolute atomic E-state index is 0.334. The number of aliphatic hydroxyl groups excluding tert-OH is 1. The average Bonchev–Trinajstić information content (AvgIpc) is 2.17. The van der Waals surface area contributed by atoms with Crippen LogP contribution in [0.5, 0.6) is 0 Å². The lowest BCUT2D eigenvalue weighted by Gasteiger charge is -2.30. The van der Waals surface area contributed by atoms with Gasteiger partial charge in [-0.25, -0.2) is 0 Å². The molecule has 15 heavy (non-hydrogen) atoms. The highest BCUT2D eigenvalue weighted by molar-refractivity contribution is 4.78. The summed E-state index contributed by atoms with van der Waals surface area (Å²) in [6.07, 6.45) is 6.73. The van der Waals surface area contributed by atoms with E-state index >= 15 is 0 Å². The second kappa shape index (κ2) is 8.12. The lowest BCUT2D eigenvalue weighted by atomic mass is 9.96. The number of ether oxygens (including phenoxy) is 1. The predicted molar refractivity (Wildman–Crippen MR) is 65.1 cm³/mol. The summed E-state index contributed by atoms with van der Waals surface area (Å²) in [6.45, 7) is 8.78. The Morgan fingerprint density at radius 3 is 2.20 bits per heavy atom. The van der Waals surface area contributed by atoms with E-state index in [9.17, 15) is 5.11 Å². The van der Waals surface area contributed by atoms with Crippen LogP contribution in [0.4, 0.5) is 0 Å². The van der Waals surface area contributed by atoms with Gasteiger partial charge in [0.05, 0.1) is 11.7 Å². The molecular formula is C13H28O2. The van der Waals surface area contributed by atoms with Crippen LogP contribution < -0.4 is 0 Å². The van der Waals surface area contributed by atoms with Crippen LogP contribution in [0.15, 0.2) is 0 Å². The van der Waals surface area contributed by atoms with Crippen LogP contribution >= 0.6 is 0 Å². The molecule has 92 valence electrons. The first-order chi connectivity index (χ1) is 7.04. The van der Waals surface area contributed by atoms with Gasteiger partial charge in [0.15, 0.2) is 0 Å². The van der Waals surface area contributed by atoms with E-state index in [0.29, 0.717) is 6.61 Å². The van der Waals surface area contributed by atoms with Gasteiger partial charge in [-0.05, 0) is 27.2 Å². The number of aliphatic hydroxyl groups is 1. The zero-order valence-electron chi connectivity index (χ0n) is 10.9. The van der Waals surface area contributed by atoms with Crippen LogP contribution in [0.2, 0.25) is 0 Å². The molecule has 1 N–H and O–H groups in total. The molecule has 1 atom stereocenters. The van der Waals surface area contributed by atoms with E-state index in [-0.39, 0.29) is 11.7 Å². The van der Waals surface area contributed by atoms with Crippen molar-refractivity contribution in [3.63, 3.8) is 0 Å². The second-order valence-corrected chi connectivity index (χ2v) is 4.76. The van der Waals surface area contributed by atoms with Crippen molar-refractivity contribution in [3.8, 4) is 0 Å². The monoisotopic (exact) mass is 216 g/mol. The van der Waals surface area contributed by atoms with Gasteiger partial charge in [-0.1, -0.05) is 39.0 Å². The molecule has 0 spiro atoms. The Labute approximate surface area is 95.0 Å². The van der Waals surface area contributed by atoms with E-state index in [1.807, 2.05) is 20.8 Å². The molecule has 0 aliphatic carbocycles. The maximum atomic E-state index is 9.94. The summed E-state index contributed by atoms with van der Waals surface area (Å²) in [5.41, 5.74) is -0.389. The van der Waals surface area contributed by atoms with E-state index in [1.54, 1.807) is 0 Å². The van der Waals surface area contributed by atoms with Crippen molar-refractivity contribution in [3.05, 3.63) is 0 Å². The molecule has 0 saturated heterocycles. The number of rotatable bonds is 9. The quantitative estimate of drug-likeness (QED) is 0.597. The summed E-state index contributed by atoms with van der Waals surface area (Å²) >= 11 is 0. The molecule has 0 saturated carbocycles. The minimum Gasteiger partial charge on any atom is -0.390 e. The number of unbranched alkanes of at least 4 members (excludes halogenated alkanes) is 4. The highest BCUT2D eigenvalue weighted by Gasteiger charge is 2.27. The van der Waals surface area contributed by atoms with E-state index in [2.05, 4.69) is 6.92 Å². The summed E-state index contributed by atoms with van der Waals surface area (Å²) in [4.78, 5) is 0. The van der Waals surface area contributed by atoms with Gasteiger partial charge in [-0.2, -0.15) is 0 Å². The molecule has 0 aromatic heterocycles. The van der Waals surface area contributed by atoms with Gasteiger partial charge in [-0.3, -0.25) is 0 Å². The molecule has 0 aromatic rings. The molecule has 0 aliphatic rings. The zero-order valence-corrected chi connectivity index (χ0v) is 10.9. The largest absolute Gasteiger partial charge is 0.390 e. The third-order valence-electron chi connectivity index (χ3n) is 2.90. The van der Waals surface area contributed by atoms with Crippen LogP contribution in [0, 0.1) is 0 Å². The average molecular weight is 216 g/mol. The molecule has 0 rings (SSSR count). The summed E-state index contributed by atoms with van der Waals surface area (Å²) in [6, 6.07) is 0. The fraction of sp³-hybridized carbons (Fsp3) is 1.00. The van der Waals surface area contributed by atoms with Crippen LogP contribution in [-0.2, 0) is 4.74 Å². The third kappa shape index (κ3) is 6.91. The Hall–Kier alpha value is -0.0800. The Morgan fingerprint density at radius 1 is 1.07 bits per heavy atom. The molecule has 0 heterocycles. The first-order valence-electron chi connectivity index (χ1n) is 6.36. The molecule has 2 nitrogen and oxygen atoms in total. The van der Waals surface area contributed by atoms with Crippen molar-refractivity contribution in [2.24, 2.45) is 0 Å². The maximum absolute atomic E-state index is 9.94. The predicted octanol–water partition coefficient (Wildman–Crippen LogP) is 3.52. The van der Waals surface area contributed by atoms with Crippen LogP contribution in [0.3, 0.4) is 0 Å². The molecule has 1 unspecified atom stereocenters. The van der Waals surface area contributed by atoms with Gasteiger partial charge in [0.25, 0.3) is 0 Å². The van der Waals surface area contributed by atoms with Crippen molar-refractivity contribution >= 4 is 0 Å². The van der Waals surface area contributed by atoms with E-state index in [4.69, 9.17) is 4.74 Å². The summed E-state index contributed by atoms with van der Waals surface area (Å²) in [5, 5.41) is 9.94. The summed E-state index contributed by atoms with van der Waals surface area (Å²) in [7, 11) is 0. The highest BCUT2D eigenvalue weighted by atomic mass is 16.5. The Balaban J connectivity index is 3.58. The first-order valence-corrected chi connectivity index (χ1v) is 6.36. The van der Waals surface area contributed by atoms with Crippen molar-refractivity contribution < 1.29 is 9.84 Å². The topological polar surface area (TPSA) is 29.5 Å². The van der Waals surface area contributed by atoms with Crippen molar-refractivity contribution in [2.75, 3.05) is 6.61 Å². The fourth-order valence-electron chi connectivity index (χ4n) is 1.76. The lowest BCUT2D eigenvalue weighted by Crippen LogP contribution is -2.39. The van der Waals surface area contributed by atoms with Crippen LogP contribution in [0.1, 0.15) is 66.2 Å². The van der Waals surface area contributed by atoms with Crippen molar-refractivity contribution in [1.29, 1.82) is 0 Å². The fourth-order valence-corrected chi connectivity index (χ4v) is 1.76. The normalized spacial score (nSPS) is 14.2. The third-order valence-corrected chi connectivity index (χ3v) is 2.90.